The summed E-state index contributed by atoms with van der Waals surface area (Å²) < 4.78 is 5.42. The van der Waals surface area contributed by atoms with Crippen molar-refractivity contribution in [2.24, 2.45) is 5.73 Å². The van der Waals surface area contributed by atoms with Crippen LogP contribution in [-0.4, -0.2) is 54.7 Å². The molecule has 1 heterocycles. The summed E-state index contributed by atoms with van der Waals surface area (Å²) >= 11 is 0. The van der Waals surface area contributed by atoms with Gasteiger partial charge in [0.1, 0.15) is 0 Å². The van der Waals surface area contributed by atoms with Gasteiger partial charge in [-0.2, -0.15) is 0 Å². The summed E-state index contributed by atoms with van der Waals surface area (Å²) in [6.07, 6.45) is 1.73. The Morgan fingerprint density at radius 2 is 2.26 bits per heavy atom. The first-order valence-corrected chi connectivity index (χ1v) is 7.24. The molecule has 0 aromatic rings. The third-order valence-electron chi connectivity index (χ3n) is 3.78. The molecule has 1 saturated heterocycles. The molecule has 1 aliphatic heterocycles. The van der Waals surface area contributed by atoms with Crippen LogP contribution in [0.3, 0.4) is 0 Å². The first-order chi connectivity index (χ1) is 8.85. The summed E-state index contributed by atoms with van der Waals surface area (Å²) in [4.78, 5) is 14.0. The molecule has 1 fully saturated rings. The lowest BCUT2D eigenvalue weighted by molar-refractivity contribution is -0.124. The van der Waals surface area contributed by atoms with Crippen molar-refractivity contribution in [2.45, 2.75) is 58.2 Å². The average Bonchev–Trinajstić information content (AvgIpc) is 2.30. The number of nitrogens with two attached hydrogens (primary N) is 1. The van der Waals surface area contributed by atoms with Gasteiger partial charge in [0.05, 0.1) is 18.8 Å². The molecule has 5 heteroatoms. The van der Waals surface area contributed by atoms with Crippen molar-refractivity contribution in [1.82, 2.24) is 10.2 Å². The molecule has 0 aromatic heterocycles. The summed E-state index contributed by atoms with van der Waals surface area (Å²) in [5, 5.41) is 3.29. The Hall–Kier alpha value is -0.650. The largest absolute Gasteiger partial charge is 0.379 e. The minimum absolute atomic E-state index is 0.250. The second-order valence-electron chi connectivity index (χ2n) is 6.06. The van der Waals surface area contributed by atoms with E-state index in [0.29, 0.717) is 6.04 Å². The molecular weight excluding hydrogens is 242 g/mol. The lowest BCUT2D eigenvalue weighted by atomic mass is 9.93. The molecule has 0 saturated carbocycles. The van der Waals surface area contributed by atoms with Crippen LogP contribution in [-0.2, 0) is 9.53 Å². The van der Waals surface area contributed by atoms with Crippen LogP contribution in [0.15, 0.2) is 0 Å². The van der Waals surface area contributed by atoms with Gasteiger partial charge in [0.2, 0.25) is 5.91 Å². The van der Waals surface area contributed by atoms with Crippen LogP contribution in [0.1, 0.15) is 40.5 Å². The standard InChI is InChI=1S/C14H29N3O2/c1-11(2)16-14(4,13(15)18)6-5-7-17-8-9-19-10-12(17)3/h11-12,16H,5-10H2,1-4H3,(H2,15,18). The highest BCUT2D eigenvalue weighted by molar-refractivity contribution is 5.84. The Labute approximate surface area is 116 Å². The molecule has 0 aliphatic carbocycles. The van der Waals surface area contributed by atoms with Gasteiger partial charge in [-0.3, -0.25) is 9.69 Å². The van der Waals surface area contributed by atoms with Gasteiger partial charge in [-0.05, 0) is 47.1 Å². The quantitative estimate of drug-likeness (QED) is 0.716. The van der Waals surface area contributed by atoms with Crippen molar-refractivity contribution < 1.29 is 9.53 Å². The number of hydrogen-bond donors (Lipinski definition) is 2. The molecule has 0 spiro atoms. The second-order valence-corrected chi connectivity index (χ2v) is 6.06. The highest BCUT2D eigenvalue weighted by Crippen LogP contribution is 2.15. The van der Waals surface area contributed by atoms with Crippen LogP contribution in [0.4, 0.5) is 0 Å². The van der Waals surface area contributed by atoms with Gasteiger partial charge < -0.3 is 15.8 Å². The SMILES string of the molecule is CC(C)NC(C)(CCCN1CCOCC1C)C(N)=O. The van der Waals surface area contributed by atoms with Crippen LogP contribution in [0.25, 0.3) is 0 Å². The van der Waals surface area contributed by atoms with Crippen molar-refractivity contribution in [3.63, 3.8) is 0 Å². The van der Waals surface area contributed by atoms with Crippen LogP contribution in [0.5, 0.6) is 0 Å². The number of ether oxygens (including phenoxy) is 1. The number of hydrogen-bond acceptors (Lipinski definition) is 4. The van der Waals surface area contributed by atoms with Gasteiger partial charge in [0.25, 0.3) is 0 Å². The molecule has 0 bridgehead atoms. The number of primary amides is 1. The summed E-state index contributed by atoms with van der Waals surface area (Å²) in [6.45, 7) is 11.7. The van der Waals surface area contributed by atoms with Crippen molar-refractivity contribution in [3.05, 3.63) is 0 Å². The highest BCUT2D eigenvalue weighted by atomic mass is 16.5. The Morgan fingerprint density at radius 3 is 2.79 bits per heavy atom. The molecular formula is C14H29N3O2. The van der Waals surface area contributed by atoms with Crippen molar-refractivity contribution in [3.8, 4) is 0 Å². The van der Waals surface area contributed by atoms with E-state index in [-0.39, 0.29) is 11.9 Å². The van der Waals surface area contributed by atoms with Gasteiger partial charge >= 0.3 is 0 Å². The fraction of sp³-hybridized carbons (Fsp3) is 0.929. The van der Waals surface area contributed by atoms with E-state index in [0.717, 1.165) is 39.1 Å². The van der Waals surface area contributed by atoms with Crippen LogP contribution < -0.4 is 11.1 Å². The van der Waals surface area contributed by atoms with Crippen molar-refractivity contribution in [1.29, 1.82) is 0 Å². The molecule has 3 N–H and O–H groups in total. The van der Waals surface area contributed by atoms with E-state index in [1.165, 1.54) is 0 Å². The zero-order valence-electron chi connectivity index (χ0n) is 12.7. The average molecular weight is 271 g/mol. The molecule has 2 unspecified atom stereocenters. The molecule has 19 heavy (non-hydrogen) atoms. The van der Waals surface area contributed by atoms with E-state index < -0.39 is 5.54 Å². The second kappa shape index (κ2) is 7.22. The molecule has 2 atom stereocenters. The monoisotopic (exact) mass is 271 g/mol. The maximum atomic E-state index is 11.6. The smallest absolute Gasteiger partial charge is 0.237 e. The Bertz CT molecular complexity index is 296. The molecule has 1 aliphatic rings. The maximum absolute atomic E-state index is 11.6. The number of nitrogens with one attached hydrogen (secondary N) is 1. The van der Waals surface area contributed by atoms with Crippen LogP contribution in [0, 0.1) is 0 Å². The Kier molecular flexibility index (Phi) is 6.23. The van der Waals surface area contributed by atoms with E-state index in [9.17, 15) is 4.79 Å². The van der Waals surface area contributed by atoms with Gasteiger partial charge in [-0.25, -0.2) is 0 Å². The van der Waals surface area contributed by atoms with Crippen LogP contribution >= 0.6 is 0 Å². The number of amides is 1. The van der Waals surface area contributed by atoms with Gasteiger partial charge in [-0.1, -0.05) is 0 Å². The lowest BCUT2D eigenvalue weighted by Crippen LogP contribution is -2.55. The van der Waals surface area contributed by atoms with Crippen molar-refractivity contribution in [2.75, 3.05) is 26.3 Å². The number of carbonyl (C=O) groups is 1. The van der Waals surface area contributed by atoms with E-state index in [1.807, 2.05) is 20.8 Å². The predicted molar refractivity (Wildman–Crippen MR) is 77.0 cm³/mol. The number of morpholine rings is 1. The fourth-order valence-corrected chi connectivity index (χ4v) is 2.63. The lowest BCUT2D eigenvalue weighted by Gasteiger charge is -2.35. The zero-order valence-corrected chi connectivity index (χ0v) is 12.7. The predicted octanol–water partition coefficient (Wildman–Crippen LogP) is 0.729. The molecule has 5 nitrogen and oxygen atoms in total. The van der Waals surface area contributed by atoms with E-state index in [1.54, 1.807) is 0 Å². The first-order valence-electron chi connectivity index (χ1n) is 7.24. The summed E-state index contributed by atoms with van der Waals surface area (Å²) in [6, 6.07) is 0.714. The molecule has 112 valence electrons. The molecule has 1 rings (SSSR count). The minimum Gasteiger partial charge on any atom is -0.379 e. The van der Waals surface area contributed by atoms with Gasteiger partial charge in [0, 0.05) is 18.6 Å². The van der Waals surface area contributed by atoms with E-state index in [4.69, 9.17) is 10.5 Å². The van der Waals surface area contributed by atoms with E-state index in [2.05, 4.69) is 17.1 Å². The van der Waals surface area contributed by atoms with Crippen molar-refractivity contribution >= 4 is 5.91 Å². The topological polar surface area (TPSA) is 67.6 Å². The number of carbonyl (C=O) groups excluding carboxylic acids is 1. The molecule has 0 aromatic carbocycles. The summed E-state index contributed by atoms with van der Waals surface area (Å²) in [5.74, 6) is -0.267. The first kappa shape index (κ1) is 16.4. The Morgan fingerprint density at radius 1 is 1.58 bits per heavy atom. The molecule has 0 radical (unpaired) electrons. The maximum Gasteiger partial charge on any atom is 0.237 e. The third-order valence-corrected chi connectivity index (χ3v) is 3.78. The van der Waals surface area contributed by atoms with Crippen LogP contribution in [0.2, 0.25) is 0 Å². The van der Waals surface area contributed by atoms with Gasteiger partial charge in [0.15, 0.2) is 0 Å². The van der Waals surface area contributed by atoms with E-state index >= 15 is 0 Å². The minimum atomic E-state index is -0.607. The Balaban J connectivity index is 2.41. The summed E-state index contributed by atoms with van der Waals surface area (Å²) in [7, 11) is 0. The molecule has 1 amide bonds. The highest BCUT2D eigenvalue weighted by Gasteiger charge is 2.31. The number of nitrogens with zero attached hydrogens (tertiary/aromatic N) is 1. The van der Waals surface area contributed by atoms with Gasteiger partial charge in [-0.15, -0.1) is 0 Å². The fourth-order valence-electron chi connectivity index (χ4n) is 2.63. The normalized spacial score (nSPS) is 24.4. The summed E-state index contributed by atoms with van der Waals surface area (Å²) in [5.41, 5.74) is 4.92. The number of rotatable bonds is 7. The zero-order chi connectivity index (χ0) is 14.5. The third kappa shape index (κ3) is 5.09.